The monoisotopic (exact) mass is 280 g/mol. The molecule has 0 saturated carbocycles. The molecule has 0 aliphatic heterocycles. The van der Waals surface area contributed by atoms with Gasteiger partial charge in [0.05, 0.1) is 12.2 Å². The van der Waals surface area contributed by atoms with Crippen molar-refractivity contribution in [1.82, 2.24) is 0 Å². The third-order valence-corrected chi connectivity index (χ3v) is 3.59. The molecule has 0 radical (unpaired) electrons. The van der Waals surface area contributed by atoms with Gasteiger partial charge in [0.2, 0.25) is 0 Å². The molecule has 0 heterocycles. The van der Waals surface area contributed by atoms with Gasteiger partial charge in [-0.1, -0.05) is 29.3 Å². The van der Waals surface area contributed by atoms with E-state index in [0.29, 0.717) is 5.92 Å². The van der Waals surface area contributed by atoms with Crippen LogP contribution in [0.1, 0.15) is 40.0 Å². The Morgan fingerprint density at radius 1 is 1.33 bits per heavy atom. The maximum Gasteiger partial charge on any atom is 0.0644 e. The van der Waals surface area contributed by atoms with Crippen LogP contribution in [0.5, 0.6) is 0 Å². The van der Waals surface area contributed by atoms with Gasteiger partial charge in [-0.3, -0.25) is 0 Å². The molecule has 0 aromatic rings. The van der Waals surface area contributed by atoms with Crippen LogP contribution >= 0.6 is 15.9 Å². The average molecular weight is 281 g/mol. The van der Waals surface area contributed by atoms with Gasteiger partial charge in [0.15, 0.2) is 0 Å². The lowest BCUT2D eigenvalue weighted by molar-refractivity contribution is -0.0136. The Morgan fingerprint density at radius 2 is 2.00 bits per heavy atom. The lowest BCUT2D eigenvalue weighted by atomic mass is 10.1. The van der Waals surface area contributed by atoms with Crippen LogP contribution in [-0.2, 0) is 9.47 Å². The number of ether oxygens (including phenoxy) is 2. The molecule has 0 aromatic carbocycles. The standard InChI is InChI=1S/C12H25BrO2/c1-5-6-11(9-13)10-15-8-7-12(2,3)14-4/h11H,5-10H2,1-4H3. The summed E-state index contributed by atoms with van der Waals surface area (Å²) in [7, 11) is 1.75. The number of hydrogen-bond acceptors (Lipinski definition) is 2. The number of methoxy groups -OCH3 is 1. The Bertz CT molecular complexity index is 149. The number of alkyl halides is 1. The molecule has 0 amide bonds. The highest BCUT2D eigenvalue weighted by atomic mass is 79.9. The molecule has 0 fully saturated rings. The van der Waals surface area contributed by atoms with Crippen molar-refractivity contribution in [2.45, 2.75) is 45.6 Å². The van der Waals surface area contributed by atoms with Crippen molar-refractivity contribution >= 4 is 15.9 Å². The Morgan fingerprint density at radius 3 is 2.47 bits per heavy atom. The van der Waals surface area contributed by atoms with Crippen LogP contribution in [0.3, 0.4) is 0 Å². The average Bonchev–Trinajstić information content (AvgIpc) is 2.22. The van der Waals surface area contributed by atoms with Crippen LogP contribution in [0, 0.1) is 5.92 Å². The molecule has 0 spiro atoms. The minimum absolute atomic E-state index is 0.0609. The van der Waals surface area contributed by atoms with Gasteiger partial charge in [-0.2, -0.15) is 0 Å². The van der Waals surface area contributed by atoms with Gasteiger partial charge in [0, 0.05) is 19.0 Å². The van der Waals surface area contributed by atoms with E-state index in [1.54, 1.807) is 7.11 Å². The fraction of sp³-hybridized carbons (Fsp3) is 1.00. The summed E-state index contributed by atoms with van der Waals surface area (Å²) >= 11 is 3.52. The van der Waals surface area contributed by atoms with Crippen molar-refractivity contribution in [3.8, 4) is 0 Å². The van der Waals surface area contributed by atoms with E-state index < -0.39 is 0 Å². The molecule has 0 aliphatic carbocycles. The first-order valence-electron chi connectivity index (χ1n) is 5.74. The highest BCUT2D eigenvalue weighted by Gasteiger charge is 2.16. The summed E-state index contributed by atoms with van der Waals surface area (Å²) in [4.78, 5) is 0. The maximum atomic E-state index is 5.67. The van der Waals surface area contributed by atoms with Gasteiger partial charge in [-0.25, -0.2) is 0 Å². The van der Waals surface area contributed by atoms with Crippen molar-refractivity contribution < 1.29 is 9.47 Å². The van der Waals surface area contributed by atoms with Gasteiger partial charge in [0.1, 0.15) is 0 Å². The van der Waals surface area contributed by atoms with Crippen LogP contribution in [-0.4, -0.2) is 31.3 Å². The van der Waals surface area contributed by atoms with E-state index in [4.69, 9.17) is 9.47 Å². The van der Waals surface area contributed by atoms with Gasteiger partial charge in [0.25, 0.3) is 0 Å². The van der Waals surface area contributed by atoms with E-state index >= 15 is 0 Å². The van der Waals surface area contributed by atoms with Crippen molar-refractivity contribution in [2.24, 2.45) is 5.92 Å². The van der Waals surface area contributed by atoms with Crippen LogP contribution in [0.4, 0.5) is 0 Å². The molecule has 0 aromatic heterocycles. The predicted octanol–water partition coefficient (Wildman–Crippen LogP) is 3.63. The second-order valence-corrected chi connectivity index (χ2v) is 5.25. The molecule has 92 valence electrons. The lowest BCUT2D eigenvalue weighted by Gasteiger charge is -2.23. The minimum atomic E-state index is -0.0609. The molecule has 2 nitrogen and oxygen atoms in total. The van der Waals surface area contributed by atoms with Gasteiger partial charge >= 0.3 is 0 Å². The predicted molar refractivity (Wildman–Crippen MR) is 68.7 cm³/mol. The molecule has 3 heteroatoms. The van der Waals surface area contributed by atoms with Crippen molar-refractivity contribution in [1.29, 1.82) is 0 Å². The van der Waals surface area contributed by atoms with Crippen LogP contribution in [0.15, 0.2) is 0 Å². The number of rotatable bonds is 9. The van der Waals surface area contributed by atoms with Gasteiger partial charge in [-0.15, -0.1) is 0 Å². The highest BCUT2D eigenvalue weighted by molar-refractivity contribution is 9.09. The van der Waals surface area contributed by atoms with Crippen molar-refractivity contribution in [2.75, 3.05) is 25.7 Å². The van der Waals surface area contributed by atoms with E-state index in [-0.39, 0.29) is 5.60 Å². The normalized spacial score (nSPS) is 14.2. The summed E-state index contributed by atoms with van der Waals surface area (Å²) in [6, 6.07) is 0. The third-order valence-electron chi connectivity index (χ3n) is 2.67. The summed E-state index contributed by atoms with van der Waals surface area (Å²) in [6.07, 6.45) is 3.41. The largest absolute Gasteiger partial charge is 0.381 e. The maximum absolute atomic E-state index is 5.67. The first-order chi connectivity index (χ1) is 7.05. The molecule has 1 atom stereocenters. The Labute approximate surface area is 103 Å². The van der Waals surface area contributed by atoms with Gasteiger partial charge < -0.3 is 9.47 Å². The summed E-state index contributed by atoms with van der Waals surface area (Å²) < 4.78 is 11.0. The third kappa shape index (κ3) is 8.23. The topological polar surface area (TPSA) is 18.5 Å². The first-order valence-corrected chi connectivity index (χ1v) is 6.86. The zero-order valence-corrected chi connectivity index (χ0v) is 12.1. The fourth-order valence-electron chi connectivity index (χ4n) is 1.28. The molecular weight excluding hydrogens is 256 g/mol. The van der Waals surface area contributed by atoms with Crippen molar-refractivity contribution in [3.63, 3.8) is 0 Å². The van der Waals surface area contributed by atoms with E-state index in [1.807, 2.05) is 0 Å². The van der Waals surface area contributed by atoms with E-state index in [9.17, 15) is 0 Å². The van der Waals surface area contributed by atoms with Crippen molar-refractivity contribution in [3.05, 3.63) is 0 Å². The molecule has 0 N–H and O–H groups in total. The quantitative estimate of drug-likeness (QED) is 0.474. The summed E-state index contributed by atoms with van der Waals surface area (Å²) in [5, 5.41) is 1.04. The second-order valence-electron chi connectivity index (χ2n) is 4.60. The fourth-order valence-corrected chi connectivity index (χ4v) is 1.79. The Balaban J connectivity index is 3.52. The Hall–Kier alpha value is 0.400. The van der Waals surface area contributed by atoms with Gasteiger partial charge in [-0.05, 0) is 32.6 Å². The zero-order chi connectivity index (χ0) is 11.7. The first kappa shape index (κ1) is 15.4. The van der Waals surface area contributed by atoms with E-state index in [2.05, 4.69) is 36.7 Å². The van der Waals surface area contributed by atoms with Crippen LogP contribution in [0.25, 0.3) is 0 Å². The Kier molecular flexibility index (Phi) is 8.77. The molecule has 0 saturated heterocycles. The van der Waals surface area contributed by atoms with Crippen LogP contribution < -0.4 is 0 Å². The molecular formula is C12H25BrO2. The highest BCUT2D eigenvalue weighted by Crippen LogP contribution is 2.14. The summed E-state index contributed by atoms with van der Waals surface area (Å²) in [5.74, 6) is 0.653. The zero-order valence-electron chi connectivity index (χ0n) is 10.5. The van der Waals surface area contributed by atoms with E-state index in [0.717, 1.165) is 25.0 Å². The summed E-state index contributed by atoms with van der Waals surface area (Å²) in [5.41, 5.74) is -0.0609. The molecule has 1 unspecified atom stereocenters. The molecule has 0 bridgehead atoms. The summed E-state index contributed by atoms with van der Waals surface area (Å²) in [6.45, 7) is 8.03. The minimum Gasteiger partial charge on any atom is -0.381 e. The van der Waals surface area contributed by atoms with Crippen LogP contribution in [0.2, 0.25) is 0 Å². The van der Waals surface area contributed by atoms with E-state index in [1.165, 1.54) is 12.8 Å². The SMILES string of the molecule is CCCC(CBr)COCCC(C)(C)OC. The molecule has 0 rings (SSSR count). The molecule has 15 heavy (non-hydrogen) atoms. The second kappa shape index (κ2) is 8.54. The smallest absolute Gasteiger partial charge is 0.0644 e. The number of halogens is 1. The molecule has 0 aliphatic rings. The lowest BCUT2D eigenvalue weighted by Crippen LogP contribution is -2.25. The number of hydrogen-bond donors (Lipinski definition) is 0.